The lowest BCUT2D eigenvalue weighted by atomic mass is 9.95. The van der Waals surface area contributed by atoms with E-state index in [1.165, 1.54) is 10.6 Å². The van der Waals surface area contributed by atoms with Gasteiger partial charge in [-0.3, -0.25) is 13.9 Å². The first-order valence-corrected chi connectivity index (χ1v) is 10.7. The number of fused-ring (bicyclic) bond motifs is 1. The molecule has 1 aliphatic carbocycles. The van der Waals surface area contributed by atoms with E-state index in [-0.39, 0.29) is 24.3 Å². The Bertz CT molecular complexity index is 843. The Hall–Kier alpha value is -2.15. The molecule has 7 heteroatoms. The van der Waals surface area contributed by atoms with Gasteiger partial charge >= 0.3 is 5.97 Å². The molecule has 26 heavy (non-hydrogen) atoms. The molecule has 0 unspecified atom stereocenters. The maximum absolute atomic E-state index is 12.4. The van der Waals surface area contributed by atoms with Crippen molar-refractivity contribution in [3.05, 3.63) is 41.5 Å². The van der Waals surface area contributed by atoms with Gasteiger partial charge in [-0.2, -0.15) is 0 Å². The normalized spacial score (nSPS) is 19.7. The highest BCUT2D eigenvalue weighted by molar-refractivity contribution is 7.92. The number of carbonyl (C=O) groups excluding carboxylic acids is 2. The van der Waals surface area contributed by atoms with Crippen LogP contribution in [0.1, 0.15) is 41.6 Å². The summed E-state index contributed by atoms with van der Waals surface area (Å²) in [6.07, 6.45) is 8.89. The van der Waals surface area contributed by atoms with Crippen molar-refractivity contribution >= 4 is 27.5 Å². The number of sulfonamides is 1. The summed E-state index contributed by atoms with van der Waals surface area (Å²) < 4.78 is 30.3. The van der Waals surface area contributed by atoms with Crippen molar-refractivity contribution in [2.75, 3.05) is 23.7 Å². The number of Topliss-reactive ketones (excluding diaryl/α,β-unsaturated/α-hetero) is 1. The highest BCUT2D eigenvalue weighted by atomic mass is 32.2. The van der Waals surface area contributed by atoms with Crippen LogP contribution in [-0.2, 0) is 26.0 Å². The fraction of sp³-hybridized carbons (Fsp3) is 0.474. The first-order chi connectivity index (χ1) is 12.4. The number of carbonyl (C=O) groups is 2. The molecule has 1 aromatic carbocycles. The largest absolute Gasteiger partial charge is 0.457 e. The van der Waals surface area contributed by atoms with Gasteiger partial charge in [-0.25, -0.2) is 8.42 Å². The van der Waals surface area contributed by atoms with Crippen LogP contribution in [0.3, 0.4) is 0 Å². The molecule has 0 spiro atoms. The summed E-state index contributed by atoms with van der Waals surface area (Å²) in [7, 11) is -3.33. The van der Waals surface area contributed by atoms with Crippen molar-refractivity contribution in [3.8, 4) is 0 Å². The van der Waals surface area contributed by atoms with Crippen molar-refractivity contribution in [2.24, 2.45) is 5.92 Å². The Morgan fingerprint density at radius 3 is 2.77 bits per heavy atom. The predicted octanol–water partition coefficient (Wildman–Crippen LogP) is 2.48. The standard InChI is InChI=1S/C19H23NO5S/c1-26(23,24)20-11-5-8-15-12-16(9-10-17(15)20)18(21)13-25-19(22)14-6-3-2-4-7-14/h2-3,9-10,12,14H,4-8,11,13H2,1H3/t14-/m0/s1. The van der Waals surface area contributed by atoms with Crippen LogP contribution in [0.2, 0.25) is 0 Å². The third-order valence-corrected chi connectivity index (χ3v) is 6.01. The van der Waals surface area contributed by atoms with E-state index in [4.69, 9.17) is 4.74 Å². The van der Waals surface area contributed by atoms with Crippen LogP contribution in [0.15, 0.2) is 30.4 Å². The molecule has 1 aromatic rings. The lowest BCUT2D eigenvalue weighted by Gasteiger charge is -2.29. The molecule has 2 aliphatic rings. The van der Waals surface area contributed by atoms with Gasteiger partial charge in [0.15, 0.2) is 12.4 Å². The van der Waals surface area contributed by atoms with Gasteiger partial charge in [0.2, 0.25) is 10.0 Å². The van der Waals surface area contributed by atoms with E-state index < -0.39 is 10.0 Å². The monoisotopic (exact) mass is 377 g/mol. The van der Waals surface area contributed by atoms with E-state index in [1.54, 1.807) is 18.2 Å². The number of benzene rings is 1. The Morgan fingerprint density at radius 1 is 1.27 bits per heavy atom. The number of ether oxygens (including phenoxy) is 1. The van der Waals surface area contributed by atoms with E-state index in [2.05, 4.69) is 0 Å². The molecule has 0 saturated heterocycles. The minimum atomic E-state index is -3.33. The molecule has 0 N–H and O–H groups in total. The lowest BCUT2D eigenvalue weighted by molar-refractivity contribution is -0.147. The maximum Gasteiger partial charge on any atom is 0.309 e. The molecule has 140 valence electrons. The summed E-state index contributed by atoms with van der Waals surface area (Å²) in [6.45, 7) is 0.167. The van der Waals surface area contributed by atoms with Crippen LogP contribution in [0.4, 0.5) is 5.69 Å². The van der Waals surface area contributed by atoms with Gasteiger partial charge in [0, 0.05) is 12.1 Å². The van der Waals surface area contributed by atoms with Gasteiger partial charge in [0.1, 0.15) is 0 Å². The van der Waals surface area contributed by atoms with Crippen molar-refractivity contribution in [1.29, 1.82) is 0 Å². The van der Waals surface area contributed by atoms with Crippen LogP contribution in [-0.4, -0.2) is 39.6 Å². The summed E-state index contributed by atoms with van der Waals surface area (Å²) in [5.41, 5.74) is 1.90. The molecule has 0 amide bonds. The second-order valence-corrected chi connectivity index (χ2v) is 8.70. The Kier molecular flexibility index (Phi) is 5.46. The molecule has 1 atom stereocenters. The SMILES string of the molecule is CS(=O)(=O)N1CCCc2cc(C(=O)COC(=O)[C@H]3CC=CCC3)ccc21. The van der Waals surface area contributed by atoms with Crippen molar-refractivity contribution < 1.29 is 22.7 Å². The first kappa shape index (κ1) is 18.6. The summed E-state index contributed by atoms with van der Waals surface area (Å²) in [5, 5.41) is 0. The number of anilines is 1. The fourth-order valence-electron chi connectivity index (χ4n) is 3.43. The molecule has 6 nitrogen and oxygen atoms in total. The van der Waals surface area contributed by atoms with Crippen LogP contribution >= 0.6 is 0 Å². The molecule has 1 aliphatic heterocycles. The number of ketones is 1. The second kappa shape index (κ2) is 7.61. The minimum Gasteiger partial charge on any atom is -0.457 e. The van der Waals surface area contributed by atoms with Crippen LogP contribution in [0.25, 0.3) is 0 Å². The average molecular weight is 377 g/mol. The van der Waals surface area contributed by atoms with Gasteiger partial charge in [0.25, 0.3) is 0 Å². The van der Waals surface area contributed by atoms with Crippen molar-refractivity contribution in [3.63, 3.8) is 0 Å². The fourth-order valence-corrected chi connectivity index (χ4v) is 4.42. The minimum absolute atomic E-state index is 0.167. The lowest BCUT2D eigenvalue weighted by Crippen LogP contribution is -2.34. The van der Waals surface area contributed by atoms with E-state index >= 15 is 0 Å². The van der Waals surface area contributed by atoms with Gasteiger partial charge < -0.3 is 4.74 Å². The zero-order chi connectivity index (χ0) is 18.7. The molecule has 1 heterocycles. The Morgan fingerprint density at radius 2 is 2.08 bits per heavy atom. The number of allylic oxidation sites excluding steroid dienone is 2. The smallest absolute Gasteiger partial charge is 0.309 e. The molecule has 0 saturated carbocycles. The highest BCUT2D eigenvalue weighted by Crippen LogP contribution is 2.30. The topological polar surface area (TPSA) is 80.8 Å². The number of hydrogen-bond acceptors (Lipinski definition) is 5. The quantitative estimate of drug-likeness (QED) is 0.447. The van der Waals surface area contributed by atoms with Gasteiger partial charge in [-0.15, -0.1) is 0 Å². The summed E-state index contributed by atoms with van der Waals surface area (Å²) >= 11 is 0. The Labute approximate surface area is 153 Å². The van der Waals surface area contributed by atoms with Crippen molar-refractivity contribution in [1.82, 2.24) is 0 Å². The first-order valence-electron chi connectivity index (χ1n) is 8.82. The molecule has 0 bridgehead atoms. The summed E-state index contributed by atoms with van der Waals surface area (Å²) in [5.74, 6) is -0.771. The summed E-state index contributed by atoms with van der Waals surface area (Å²) in [4.78, 5) is 24.4. The molecule has 0 fully saturated rings. The zero-order valence-corrected chi connectivity index (χ0v) is 15.6. The number of aryl methyl sites for hydroxylation is 1. The number of nitrogens with zero attached hydrogens (tertiary/aromatic N) is 1. The van der Waals surface area contributed by atoms with E-state index in [9.17, 15) is 18.0 Å². The molecule has 0 radical (unpaired) electrons. The molecule has 3 rings (SSSR count). The number of hydrogen-bond donors (Lipinski definition) is 0. The zero-order valence-electron chi connectivity index (χ0n) is 14.8. The van der Waals surface area contributed by atoms with E-state index in [1.807, 2.05) is 12.2 Å². The van der Waals surface area contributed by atoms with E-state index in [0.29, 0.717) is 30.6 Å². The van der Waals surface area contributed by atoms with E-state index in [0.717, 1.165) is 24.8 Å². The van der Waals surface area contributed by atoms with Gasteiger partial charge in [-0.05, 0) is 55.9 Å². The van der Waals surface area contributed by atoms with Crippen molar-refractivity contribution in [2.45, 2.75) is 32.1 Å². The molecular formula is C19H23NO5S. The highest BCUT2D eigenvalue weighted by Gasteiger charge is 2.25. The van der Waals surface area contributed by atoms with Gasteiger partial charge in [-0.1, -0.05) is 12.2 Å². The number of rotatable bonds is 5. The molecule has 0 aromatic heterocycles. The Balaban J connectivity index is 1.67. The average Bonchev–Trinajstić information content (AvgIpc) is 2.64. The number of esters is 1. The predicted molar refractivity (Wildman–Crippen MR) is 98.7 cm³/mol. The second-order valence-electron chi connectivity index (χ2n) is 6.79. The molecular weight excluding hydrogens is 354 g/mol. The third-order valence-electron chi connectivity index (χ3n) is 4.83. The van der Waals surface area contributed by atoms with Crippen LogP contribution in [0, 0.1) is 5.92 Å². The van der Waals surface area contributed by atoms with Gasteiger partial charge in [0.05, 0.1) is 17.9 Å². The van der Waals surface area contributed by atoms with Crippen LogP contribution in [0.5, 0.6) is 0 Å². The maximum atomic E-state index is 12.4. The third kappa shape index (κ3) is 4.15. The van der Waals surface area contributed by atoms with Crippen LogP contribution < -0.4 is 4.31 Å². The summed E-state index contributed by atoms with van der Waals surface area (Å²) in [6, 6.07) is 4.98.